The van der Waals surface area contributed by atoms with E-state index in [1.54, 1.807) is 0 Å². The molecule has 6 N–H and O–H groups in total. The maximum atomic E-state index is 5.63. The number of rotatable bonds is 5. The Hall–Kier alpha value is -0.860. The second-order valence-electron chi connectivity index (χ2n) is 3.23. The van der Waals surface area contributed by atoms with E-state index in [9.17, 15) is 0 Å². The van der Waals surface area contributed by atoms with Crippen LogP contribution in [0, 0.1) is 0 Å². The average Bonchev–Trinajstić information content (AvgIpc) is 2.30. The molecule has 0 amide bonds. The quantitative estimate of drug-likeness (QED) is 0.205. The molecule has 0 radical (unpaired) electrons. The standard InChI is InChI=1S/C10H16IN5/c11-16-10(13)15-9(12)14-7-6-8-4-2-1-3-5-8/h1-5,10,16H,6-7,13H2,(H3,12,14,15). The van der Waals surface area contributed by atoms with Crippen LogP contribution < -0.4 is 20.3 Å². The Morgan fingerprint density at radius 3 is 2.69 bits per heavy atom. The third kappa shape index (κ3) is 5.29. The van der Waals surface area contributed by atoms with Gasteiger partial charge in [0.15, 0.2) is 5.96 Å². The van der Waals surface area contributed by atoms with Crippen molar-refractivity contribution in [3.05, 3.63) is 35.9 Å². The molecule has 1 aromatic rings. The minimum absolute atomic E-state index is 0.354. The number of nitrogens with zero attached hydrogens (tertiary/aromatic N) is 1. The van der Waals surface area contributed by atoms with Crippen molar-refractivity contribution >= 4 is 28.8 Å². The molecular weight excluding hydrogens is 317 g/mol. The van der Waals surface area contributed by atoms with Crippen molar-refractivity contribution in [2.24, 2.45) is 16.5 Å². The maximum absolute atomic E-state index is 5.63. The highest BCUT2D eigenvalue weighted by Crippen LogP contribution is 1.98. The molecule has 0 aliphatic rings. The fourth-order valence-electron chi connectivity index (χ4n) is 1.18. The highest BCUT2D eigenvalue weighted by atomic mass is 127. The van der Waals surface area contributed by atoms with Crippen LogP contribution in [0.2, 0.25) is 0 Å². The molecule has 0 aromatic heterocycles. The molecule has 0 aliphatic heterocycles. The highest BCUT2D eigenvalue weighted by molar-refractivity contribution is 14.1. The number of benzene rings is 1. The third-order valence-corrected chi connectivity index (χ3v) is 2.62. The molecule has 0 fully saturated rings. The fraction of sp³-hybridized carbons (Fsp3) is 0.300. The normalized spacial score (nSPS) is 13.5. The first-order valence-electron chi connectivity index (χ1n) is 4.94. The molecule has 1 atom stereocenters. The number of aliphatic imine (C=N–C) groups is 1. The Labute approximate surface area is 109 Å². The Kier molecular flexibility index (Phi) is 6.12. The number of hydrogen-bond donors (Lipinski definition) is 4. The number of halogens is 1. The van der Waals surface area contributed by atoms with Gasteiger partial charge in [0.25, 0.3) is 0 Å². The van der Waals surface area contributed by atoms with Gasteiger partial charge in [-0.3, -0.25) is 10.7 Å². The van der Waals surface area contributed by atoms with Crippen LogP contribution in [0.4, 0.5) is 0 Å². The Morgan fingerprint density at radius 2 is 2.06 bits per heavy atom. The van der Waals surface area contributed by atoms with Gasteiger partial charge in [-0.15, -0.1) is 0 Å². The van der Waals surface area contributed by atoms with Crippen molar-refractivity contribution < 1.29 is 0 Å². The Balaban J connectivity index is 2.31. The summed E-state index contributed by atoms with van der Waals surface area (Å²) in [5, 5.41) is 2.80. The van der Waals surface area contributed by atoms with Gasteiger partial charge in [0.2, 0.25) is 0 Å². The van der Waals surface area contributed by atoms with E-state index in [0.717, 1.165) is 6.42 Å². The summed E-state index contributed by atoms with van der Waals surface area (Å²) in [6.07, 6.45) is 0.497. The van der Waals surface area contributed by atoms with E-state index in [4.69, 9.17) is 11.5 Å². The number of guanidine groups is 1. The predicted octanol–water partition coefficient (Wildman–Crippen LogP) is 0.315. The van der Waals surface area contributed by atoms with Crippen LogP contribution in [0.25, 0.3) is 0 Å². The summed E-state index contributed by atoms with van der Waals surface area (Å²) in [6.45, 7) is 0.650. The van der Waals surface area contributed by atoms with Crippen LogP contribution in [0.1, 0.15) is 5.56 Å². The van der Waals surface area contributed by atoms with Gasteiger partial charge < -0.3 is 11.1 Å². The van der Waals surface area contributed by atoms with Gasteiger partial charge in [-0.25, -0.2) is 3.53 Å². The maximum Gasteiger partial charge on any atom is 0.190 e. The average molecular weight is 333 g/mol. The lowest BCUT2D eigenvalue weighted by Gasteiger charge is -2.11. The second-order valence-corrected chi connectivity index (χ2v) is 3.86. The van der Waals surface area contributed by atoms with E-state index in [2.05, 4.69) is 26.0 Å². The topological polar surface area (TPSA) is 88.5 Å². The fourth-order valence-corrected chi connectivity index (χ4v) is 1.34. The van der Waals surface area contributed by atoms with E-state index < -0.39 is 0 Å². The van der Waals surface area contributed by atoms with Crippen molar-refractivity contribution in [1.82, 2.24) is 8.85 Å². The first kappa shape index (κ1) is 13.2. The van der Waals surface area contributed by atoms with E-state index >= 15 is 0 Å². The number of hydrogen-bond acceptors (Lipinski definition) is 3. The number of nitrogens with one attached hydrogen (secondary N) is 2. The molecule has 88 valence electrons. The van der Waals surface area contributed by atoms with E-state index in [1.807, 2.05) is 41.1 Å². The number of nitrogens with two attached hydrogens (primary N) is 2. The molecule has 0 saturated carbocycles. The lowest BCUT2D eigenvalue weighted by atomic mass is 10.2. The van der Waals surface area contributed by atoms with Gasteiger partial charge in [0.1, 0.15) is 6.29 Å². The molecule has 1 unspecified atom stereocenters. The summed E-state index contributed by atoms with van der Waals surface area (Å²) in [4.78, 5) is 4.17. The van der Waals surface area contributed by atoms with Gasteiger partial charge in [0.05, 0.1) is 0 Å². The smallest absolute Gasteiger partial charge is 0.190 e. The zero-order chi connectivity index (χ0) is 11.8. The lowest BCUT2D eigenvalue weighted by Crippen LogP contribution is -2.50. The summed E-state index contributed by atoms with van der Waals surface area (Å²) in [6, 6.07) is 10.1. The first-order valence-corrected chi connectivity index (χ1v) is 6.02. The van der Waals surface area contributed by atoms with Gasteiger partial charge in [-0.1, -0.05) is 30.3 Å². The molecule has 0 saturated heterocycles. The van der Waals surface area contributed by atoms with Gasteiger partial charge >= 0.3 is 0 Å². The predicted molar refractivity (Wildman–Crippen MR) is 74.9 cm³/mol. The van der Waals surface area contributed by atoms with Crippen molar-refractivity contribution in [3.8, 4) is 0 Å². The molecule has 0 heterocycles. The minimum Gasteiger partial charge on any atom is -0.370 e. The SMILES string of the molecule is NC(=NCCc1ccccc1)NC(N)NI. The summed E-state index contributed by atoms with van der Waals surface area (Å²) >= 11 is 1.95. The molecular formula is C10H16IN5. The Morgan fingerprint density at radius 1 is 1.38 bits per heavy atom. The molecule has 1 aromatic carbocycles. The van der Waals surface area contributed by atoms with E-state index in [1.165, 1.54) is 5.56 Å². The van der Waals surface area contributed by atoms with Crippen LogP contribution in [-0.2, 0) is 6.42 Å². The van der Waals surface area contributed by atoms with Crippen molar-refractivity contribution in [1.29, 1.82) is 0 Å². The van der Waals surface area contributed by atoms with Gasteiger partial charge in [0, 0.05) is 29.4 Å². The molecule has 1 rings (SSSR count). The second kappa shape index (κ2) is 7.42. The largest absolute Gasteiger partial charge is 0.370 e. The van der Waals surface area contributed by atoms with Crippen LogP contribution >= 0.6 is 22.9 Å². The molecule has 0 spiro atoms. The summed E-state index contributed by atoms with van der Waals surface area (Å²) in [5.41, 5.74) is 12.4. The van der Waals surface area contributed by atoms with Crippen molar-refractivity contribution in [2.45, 2.75) is 12.7 Å². The monoisotopic (exact) mass is 333 g/mol. The van der Waals surface area contributed by atoms with E-state index in [-0.39, 0.29) is 6.29 Å². The van der Waals surface area contributed by atoms with Crippen LogP contribution in [0.5, 0.6) is 0 Å². The third-order valence-electron chi connectivity index (χ3n) is 1.95. The molecule has 6 heteroatoms. The van der Waals surface area contributed by atoms with Gasteiger partial charge in [-0.05, 0) is 12.0 Å². The molecule has 5 nitrogen and oxygen atoms in total. The van der Waals surface area contributed by atoms with Crippen molar-refractivity contribution in [2.75, 3.05) is 6.54 Å². The van der Waals surface area contributed by atoms with Crippen LogP contribution in [-0.4, -0.2) is 18.8 Å². The van der Waals surface area contributed by atoms with Crippen LogP contribution in [0.15, 0.2) is 35.3 Å². The van der Waals surface area contributed by atoms with Gasteiger partial charge in [-0.2, -0.15) is 0 Å². The zero-order valence-electron chi connectivity index (χ0n) is 8.86. The van der Waals surface area contributed by atoms with E-state index in [0.29, 0.717) is 12.5 Å². The summed E-state index contributed by atoms with van der Waals surface area (Å²) in [5.74, 6) is 0.354. The minimum atomic E-state index is -0.374. The van der Waals surface area contributed by atoms with Crippen LogP contribution in [0.3, 0.4) is 0 Å². The first-order chi connectivity index (χ1) is 7.72. The summed E-state index contributed by atoms with van der Waals surface area (Å²) in [7, 11) is 0. The van der Waals surface area contributed by atoms with Crippen molar-refractivity contribution in [3.63, 3.8) is 0 Å². The molecule has 0 aliphatic carbocycles. The zero-order valence-corrected chi connectivity index (χ0v) is 11.0. The molecule has 16 heavy (non-hydrogen) atoms. The Bertz CT molecular complexity index is 327. The molecule has 0 bridgehead atoms. The summed E-state index contributed by atoms with van der Waals surface area (Å²) < 4.78 is 2.78. The highest BCUT2D eigenvalue weighted by Gasteiger charge is 1.98. The lowest BCUT2D eigenvalue weighted by molar-refractivity contribution is 0.632.